The van der Waals surface area contributed by atoms with E-state index in [1.54, 1.807) is 31.3 Å². The second kappa shape index (κ2) is 7.48. The molecule has 0 heterocycles. The Kier molecular flexibility index (Phi) is 5.91. The molecule has 0 spiro atoms. The minimum atomic E-state index is -0.358. The summed E-state index contributed by atoms with van der Waals surface area (Å²) in [6.45, 7) is 2.78. The fourth-order valence-corrected chi connectivity index (χ4v) is 1.55. The summed E-state index contributed by atoms with van der Waals surface area (Å²) in [4.78, 5) is 25.0. The lowest BCUT2D eigenvalue weighted by molar-refractivity contribution is 0.0954. The Morgan fingerprint density at radius 3 is 2.44 bits per heavy atom. The third-order valence-corrected chi connectivity index (χ3v) is 2.70. The van der Waals surface area contributed by atoms with Gasteiger partial charge in [0.05, 0.1) is 0 Å². The van der Waals surface area contributed by atoms with Gasteiger partial charge >= 0.3 is 6.03 Å². The summed E-state index contributed by atoms with van der Waals surface area (Å²) in [5, 5.41) is 2.37. The van der Waals surface area contributed by atoms with Gasteiger partial charge in [-0.1, -0.05) is 38.0 Å². The number of urea groups is 1. The van der Waals surface area contributed by atoms with Gasteiger partial charge in [0.15, 0.2) is 0 Å². The van der Waals surface area contributed by atoms with E-state index in [9.17, 15) is 9.59 Å². The minimum absolute atomic E-state index is 0.347. The molecular formula is C14H20N2O2. The third kappa shape index (κ3) is 4.57. The Bertz CT molecular complexity index is 390. The van der Waals surface area contributed by atoms with Gasteiger partial charge in [-0.3, -0.25) is 10.1 Å². The lowest BCUT2D eigenvalue weighted by Gasteiger charge is -2.17. The van der Waals surface area contributed by atoms with Gasteiger partial charge in [0.25, 0.3) is 5.91 Å². The van der Waals surface area contributed by atoms with Gasteiger partial charge in [-0.2, -0.15) is 0 Å². The predicted molar refractivity (Wildman–Crippen MR) is 71.5 cm³/mol. The van der Waals surface area contributed by atoms with Gasteiger partial charge < -0.3 is 4.90 Å². The van der Waals surface area contributed by atoms with Crippen LogP contribution in [-0.2, 0) is 0 Å². The second-order valence-electron chi connectivity index (χ2n) is 4.25. The van der Waals surface area contributed by atoms with Crippen molar-refractivity contribution in [3.05, 3.63) is 35.9 Å². The molecule has 0 aliphatic carbocycles. The van der Waals surface area contributed by atoms with E-state index in [4.69, 9.17) is 0 Å². The normalized spacial score (nSPS) is 9.89. The number of nitrogens with zero attached hydrogens (tertiary/aromatic N) is 1. The number of benzene rings is 1. The molecule has 1 aromatic rings. The molecule has 0 saturated heterocycles. The SMILES string of the molecule is CCCCCN(C)C(=O)NC(=O)c1ccccc1. The smallest absolute Gasteiger partial charge is 0.324 e. The molecular weight excluding hydrogens is 228 g/mol. The van der Waals surface area contributed by atoms with Crippen LogP contribution in [-0.4, -0.2) is 30.4 Å². The van der Waals surface area contributed by atoms with Gasteiger partial charge in [0.1, 0.15) is 0 Å². The molecule has 0 fully saturated rings. The molecule has 3 amide bonds. The number of unbranched alkanes of at least 4 members (excludes halogenated alkanes) is 2. The van der Waals surface area contributed by atoms with Crippen molar-refractivity contribution in [2.24, 2.45) is 0 Å². The topological polar surface area (TPSA) is 49.4 Å². The highest BCUT2D eigenvalue weighted by Gasteiger charge is 2.13. The first kappa shape index (κ1) is 14.2. The largest absolute Gasteiger partial charge is 0.328 e. The molecule has 0 saturated carbocycles. The number of carbonyl (C=O) groups is 2. The molecule has 1 aromatic carbocycles. The molecule has 0 atom stereocenters. The first-order chi connectivity index (χ1) is 8.65. The molecule has 0 bridgehead atoms. The van der Waals surface area contributed by atoms with Gasteiger partial charge in [-0.15, -0.1) is 0 Å². The number of nitrogens with one attached hydrogen (secondary N) is 1. The van der Waals surface area contributed by atoms with Crippen LogP contribution < -0.4 is 5.32 Å². The first-order valence-corrected chi connectivity index (χ1v) is 6.26. The van der Waals surface area contributed by atoms with E-state index in [0.29, 0.717) is 12.1 Å². The average Bonchev–Trinajstić information content (AvgIpc) is 2.39. The first-order valence-electron chi connectivity index (χ1n) is 6.26. The Morgan fingerprint density at radius 2 is 1.83 bits per heavy atom. The van der Waals surface area contributed by atoms with E-state index in [1.807, 2.05) is 6.07 Å². The Morgan fingerprint density at radius 1 is 1.17 bits per heavy atom. The maximum atomic E-state index is 11.7. The molecule has 0 unspecified atom stereocenters. The quantitative estimate of drug-likeness (QED) is 0.814. The van der Waals surface area contributed by atoms with E-state index in [2.05, 4.69) is 12.2 Å². The third-order valence-electron chi connectivity index (χ3n) is 2.70. The number of rotatable bonds is 5. The van der Waals surface area contributed by atoms with Gasteiger partial charge in [0.2, 0.25) is 0 Å². The average molecular weight is 248 g/mol. The Balaban J connectivity index is 2.42. The fourth-order valence-electron chi connectivity index (χ4n) is 1.55. The maximum Gasteiger partial charge on any atom is 0.324 e. The van der Waals surface area contributed by atoms with Crippen molar-refractivity contribution < 1.29 is 9.59 Å². The zero-order valence-electron chi connectivity index (χ0n) is 11.0. The van der Waals surface area contributed by atoms with E-state index in [-0.39, 0.29) is 11.9 Å². The summed E-state index contributed by atoms with van der Waals surface area (Å²) in [7, 11) is 1.70. The molecule has 0 aliphatic heterocycles. The van der Waals surface area contributed by atoms with Crippen LogP contribution in [0.2, 0.25) is 0 Å². The van der Waals surface area contributed by atoms with Gasteiger partial charge in [-0.25, -0.2) is 4.79 Å². The molecule has 1 rings (SSSR count). The van der Waals surface area contributed by atoms with E-state index < -0.39 is 0 Å². The van der Waals surface area contributed by atoms with Crippen LogP contribution in [0.4, 0.5) is 4.79 Å². The molecule has 0 aromatic heterocycles. The molecule has 4 nitrogen and oxygen atoms in total. The highest BCUT2D eigenvalue weighted by molar-refractivity contribution is 6.04. The summed E-state index contributed by atoms with van der Waals surface area (Å²) in [5.74, 6) is -0.358. The summed E-state index contributed by atoms with van der Waals surface area (Å²) < 4.78 is 0. The predicted octanol–water partition coefficient (Wildman–Crippen LogP) is 2.66. The van der Waals surface area contributed by atoms with Crippen molar-refractivity contribution >= 4 is 11.9 Å². The highest BCUT2D eigenvalue weighted by Crippen LogP contribution is 2.00. The van der Waals surface area contributed by atoms with Crippen molar-refractivity contribution in [2.75, 3.05) is 13.6 Å². The fraction of sp³-hybridized carbons (Fsp3) is 0.429. The molecule has 0 aliphatic rings. The monoisotopic (exact) mass is 248 g/mol. The Labute approximate surface area is 108 Å². The number of hydrogen-bond donors (Lipinski definition) is 1. The number of imide groups is 1. The van der Waals surface area contributed by atoms with Crippen LogP contribution in [0, 0.1) is 0 Å². The molecule has 0 radical (unpaired) electrons. The van der Waals surface area contributed by atoms with Crippen molar-refractivity contribution in [3.8, 4) is 0 Å². The standard InChI is InChI=1S/C14H20N2O2/c1-3-4-8-11-16(2)14(18)15-13(17)12-9-6-5-7-10-12/h5-7,9-10H,3-4,8,11H2,1-2H3,(H,15,17,18). The van der Waals surface area contributed by atoms with Crippen molar-refractivity contribution in [1.82, 2.24) is 10.2 Å². The van der Waals surface area contributed by atoms with Crippen LogP contribution in [0.3, 0.4) is 0 Å². The lowest BCUT2D eigenvalue weighted by atomic mass is 10.2. The van der Waals surface area contributed by atoms with Crippen LogP contribution >= 0.6 is 0 Å². The summed E-state index contributed by atoms with van der Waals surface area (Å²) >= 11 is 0. The van der Waals surface area contributed by atoms with Crippen molar-refractivity contribution in [2.45, 2.75) is 26.2 Å². The number of hydrogen-bond acceptors (Lipinski definition) is 2. The van der Waals surface area contributed by atoms with E-state index in [1.165, 1.54) is 4.90 Å². The van der Waals surface area contributed by atoms with Crippen LogP contribution in [0.1, 0.15) is 36.5 Å². The molecule has 1 N–H and O–H groups in total. The van der Waals surface area contributed by atoms with Crippen LogP contribution in [0.25, 0.3) is 0 Å². The zero-order valence-corrected chi connectivity index (χ0v) is 11.0. The molecule has 18 heavy (non-hydrogen) atoms. The maximum absolute atomic E-state index is 11.7. The minimum Gasteiger partial charge on any atom is -0.328 e. The summed E-state index contributed by atoms with van der Waals surface area (Å²) in [6, 6.07) is 8.38. The second-order valence-corrected chi connectivity index (χ2v) is 4.25. The summed E-state index contributed by atoms with van der Waals surface area (Å²) in [5.41, 5.74) is 0.493. The van der Waals surface area contributed by atoms with E-state index in [0.717, 1.165) is 19.3 Å². The van der Waals surface area contributed by atoms with Crippen molar-refractivity contribution in [1.29, 1.82) is 0 Å². The number of carbonyl (C=O) groups excluding carboxylic acids is 2. The van der Waals surface area contributed by atoms with Crippen molar-refractivity contribution in [3.63, 3.8) is 0 Å². The number of amides is 3. The summed E-state index contributed by atoms with van der Waals surface area (Å²) in [6.07, 6.45) is 3.16. The molecule has 4 heteroatoms. The lowest BCUT2D eigenvalue weighted by Crippen LogP contribution is -2.41. The van der Waals surface area contributed by atoms with Crippen LogP contribution in [0.15, 0.2) is 30.3 Å². The Hall–Kier alpha value is -1.84. The highest BCUT2D eigenvalue weighted by atomic mass is 16.2. The van der Waals surface area contributed by atoms with Gasteiger partial charge in [0, 0.05) is 19.2 Å². The van der Waals surface area contributed by atoms with Crippen LogP contribution in [0.5, 0.6) is 0 Å². The van der Waals surface area contributed by atoms with Gasteiger partial charge in [-0.05, 0) is 18.6 Å². The van der Waals surface area contributed by atoms with E-state index >= 15 is 0 Å². The zero-order chi connectivity index (χ0) is 13.4. The molecule has 98 valence electrons.